The zero-order valence-electron chi connectivity index (χ0n) is 10.8. The lowest BCUT2D eigenvalue weighted by atomic mass is 10.2. The van der Waals surface area contributed by atoms with E-state index in [1.807, 2.05) is 12.4 Å². The Labute approximate surface area is 134 Å². The van der Waals surface area contributed by atoms with Crippen molar-refractivity contribution in [2.45, 2.75) is 35.9 Å². The standard InChI is InChI=1S/2C7H7BrN2/c8-7(1-2-7)6-3-9-5-10-4-6;8-6-3-9-7(10-4-6)5-1-2-5/h2*3-5H,1-2H2. The van der Waals surface area contributed by atoms with Crippen LogP contribution in [0.1, 0.15) is 43.0 Å². The molecule has 0 N–H and O–H groups in total. The monoisotopic (exact) mass is 396 g/mol. The SMILES string of the molecule is BrC1(c2cncnc2)CC1.Brc1cnc(C2CC2)nc1. The average Bonchev–Trinajstić information content (AvgIpc) is 3.38. The van der Waals surface area contributed by atoms with Crippen molar-refractivity contribution in [2.75, 3.05) is 0 Å². The van der Waals surface area contributed by atoms with E-state index in [9.17, 15) is 0 Å². The molecule has 0 unspecified atom stereocenters. The molecule has 0 atom stereocenters. The van der Waals surface area contributed by atoms with Crippen LogP contribution in [0.5, 0.6) is 0 Å². The molecule has 0 spiro atoms. The van der Waals surface area contributed by atoms with Crippen LogP contribution in [0.3, 0.4) is 0 Å². The fraction of sp³-hybridized carbons (Fsp3) is 0.429. The number of hydrogen-bond acceptors (Lipinski definition) is 4. The maximum absolute atomic E-state index is 4.18. The predicted octanol–water partition coefficient (Wildman–Crippen LogP) is 3.98. The molecule has 0 radical (unpaired) electrons. The lowest BCUT2D eigenvalue weighted by molar-refractivity contribution is 0.921. The summed E-state index contributed by atoms with van der Waals surface area (Å²) in [7, 11) is 0. The van der Waals surface area contributed by atoms with Gasteiger partial charge in [0.15, 0.2) is 0 Å². The summed E-state index contributed by atoms with van der Waals surface area (Å²) in [5.41, 5.74) is 1.20. The van der Waals surface area contributed by atoms with E-state index < -0.39 is 0 Å². The summed E-state index contributed by atoms with van der Waals surface area (Å²) < 4.78 is 1.19. The van der Waals surface area contributed by atoms with E-state index >= 15 is 0 Å². The third-order valence-corrected chi connectivity index (χ3v) is 5.01. The summed E-state index contributed by atoms with van der Waals surface area (Å²) in [5.74, 6) is 1.66. The topological polar surface area (TPSA) is 51.6 Å². The molecular formula is C14H14Br2N4. The van der Waals surface area contributed by atoms with Crippen molar-refractivity contribution in [2.24, 2.45) is 0 Å². The molecule has 2 aliphatic carbocycles. The Morgan fingerprint density at radius 2 is 1.60 bits per heavy atom. The van der Waals surface area contributed by atoms with Crippen molar-refractivity contribution >= 4 is 31.9 Å². The minimum Gasteiger partial charge on any atom is -0.244 e. The molecular weight excluding hydrogens is 384 g/mol. The summed E-state index contributed by atoms with van der Waals surface area (Å²) in [6.45, 7) is 0. The summed E-state index contributed by atoms with van der Waals surface area (Å²) >= 11 is 6.91. The first-order valence-corrected chi connectivity index (χ1v) is 8.18. The highest BCUT2D eigenvalue weighted by Gasteiger charge is 2.41. The molecule has 0 amide bonds. The lowest BCUT2D eigenvalue weighted by Gasteiger charge is -2.02. The van der Waals surface area contributed by atoms with Crippen LogP contribution in [-0.4, -0.2) is 19.9 Å². The Kier molecular flexibility index (Phi) is 4.12. The van der Waals surface area contributed by atoms with Crippen LogP contribution >= 0.6 is 31.9 Å². The van der Waals surface area contributed by atoms with Crippen LogP contribution in [0.4, 0.5) is 0 Å². The van der Waals surface area contributed by atoms with E-state index in [4.69, 9.17) is 0 Å². The third kappa shape index (κ3) is 3.61. The molecule has 2 saturated carbocycles. The molecule has 2 aromatic rings. The molecule has 4 rings (SSSR count). The smallest absolute Gasteiger partial charge is 0.131 e. The van der Waals surface area contributed by atoms with Crippen LogP contribution in [0.15, 0.2) is 35.6 Å². The molecule has 0 aliphatic heterocycles. The van der Waals surface area contributed by atoms with Gasteiger partial charge in [-0.25, -0.2) is 19.9 Å². The number of aromatic nitrogens is 4. The normalized spacial score (nSPS) is 18.9. The summed E-state index contributed by atoms with van der Waals surface area (Å²) in [4.78, 5) is 16.3. The van der Waals surface area contributed by atoms with E-state index in [-0.39, 0.29) is 4.32 Å². The fourth-order valence-electron chi connectivity index (χ4n) is 1.80. The molecule has 104 valence electrons. The van der Waals surface area contributed by atoms with Gasteiger partial charge in [-0.3, -0.25) is 0 Å². The van der Waals surface area contributed by atoms with Crippen LogP contribution in [-0.2, 0) is 4.32 Å². The molecule has 2 heterocycles. The Morgan fingerprint density at radius 1 is 1.00 bits per heavy atom. The van der Waals surface area contributed by atoms with Gasteiger partial charge in [-0.2, -0.15) is 0 Å². The maximum Gasteiger partial charge on any atom is 0.131 e. The average molecular weight is 398 g/mol. The molecule has 4 nitrogen and oxygen atoms in total. The van der Waals surface area contributed by atoms with Gasteiger partial charge in [0.1, 0.15) is 12.2 Å². The Morgan fingerprint density at radius 3 is 2.10 bits per heavy atom. The first-order chi connectivity index (χ1) is 9.67. The number of rotatable bonds is 2. The molecule has 0 saturated heterocycles. The van der Waals surface area contributed by atoms with Crippen molar-refractivity contribution in [3.05, 3.63) is 47.0 Å². The second kappa shape index (κ2) is 5.85. The number of alkyl halides is 1. The van der Waals surface area contributed by atoms with Crippen molar-refractivity contribution in [1.82, 2.24) is 19.9 Å². The third-order valence-electron chi connectivity index (χ3n) is 3.35. The van der Waals surface area contributed by atoms with Gasteiger partial charge in [0.25, 0.3) is 0 Å². The van der Waals surface area contributed by atoms with Gasteiger partial charge in [-0.15, -0.1) is 0 Å². The van der Waals surface area contributed by atoms with Crippen molar-refractivity contribution in [3.8, 4) is 0 Å². The summed E-state index contributed by atoms with van der Waals surface area (Å²) in [5, 5.41) is 0. The summed E-state index contributed by atoms with van der Waals surface area (Å²) in [6.07, 6.45) is 13.9. The highest BCUT2D eigenvalue weighted by atomic mass is 79.9. The van der Waals surface area contributed by atoms with Crippen LogP contribution < -0.4 is 0 Å². The number of halogens is 2. The van der Waals surface area contributed by atoms with Crippen molar-refractivity contribution in [1.29, 1.82) is 0 Å². The Hall–Kier alpha value is -0.880. The van der Waals surface area contributed by atoms with Gasteiger partial charge in [-0.05, 0) is 41.6 Å². The van der Waals surface area contributed by atoms with Crippen LogP contribution in [0.2, 0.25) is 0 Å². The van der Waals surface area contributed by atoms with Gasteiger partial charge in [0.05, 0.1) is 8.80 Å². The predicted molar refractivity (Wildman–Crippen MR) is 83.6 cm³/mol. The van der Waals surface area contributed by atoms with E-state index in [1.165, 1.54) is 31.2 Å². The number of nitrogens with zero attached hydrogens (tertiary/aromatic N) is 4. The molecule has 2 aliphatic rings. The second-order valence-corrected chi connectivity index (χ2v) is 7.56. The molecule has 0 bridgehead atoms. The second-order valence-electron chi connectivity index (χ2n) is 5.13. The van der Waals surface area contributed by atoms with E-state index in [1.54, 1.807) is 18.7 Å². The zero-order valence-corrected chi connectivity index (χ0v) is 14.0. The molecule has 20 heavy (non-hydrogen) atoms. The van der Waals surface area contributed by atoms with Gasteiger partial charge >= 0.3 is 0 Å². The summed E-state index contributed by atoms with van der Waals surface area (Å²) in [6, 6.07) is 0. The van der Waals surface area contributed by atoms with Crippen LogP contribution in [0, 0.1) is 0 Å². The van der Waals surface area contributed by atoms with Gasteiger partial charge in [0.2, 0.25) is 0 Å². The fourth-order valence-corrected chi connectivity index (χ4v) is 2.41. The molecule has 2 aromatic heterocycles. The molecule has 0 aromatic carbocycles. The minimum atomic E-state index is 0.230. The Bertz CT molecular complexity index is 565. The zero-order chi connectivity index (χ0) is 14.0. The van der Waals surface area contributed by atoms with Gasteiger partial charge < -0.3 is 0 Å². The largest absolute Gasteiger partial charge is 0.244 e. The molecule has 2 fully saturated rings. The Balaban J connectivity index is 0.000000121. The first kappa shape index (κ1) is 14.1. The first-order valence-electron chi connectivity index (χ1n) is 6.59. The van der Waals surface area contributed by atoms with Crippen molar-refractivity contribution < 1.29 is 0 Å². The lowest BCUT2D eigenvalue weighted by Crippen LogP contribution is -1.95. The van der Waals surface area contributed by atoms with Crippen molar-refractivity contribution in [3.63, 3.8) is 0 Å². The quantitative estimate of drug-likeness (QED) is 0.719. The van der Waals surface area contributed by atoms with E-state index in [0.29, 0.717) is 5.92 Å². The maximum atomic E-state index is 4.18. The highest BCUT2D eigenvalue weighted by molar-refractivity contribution is 9.10. The van der Waals surface area contributed by atoms with E-state index in [0.717, 1.165) is 10.3 Å². The van der Waals surface area contributed by atoms with Crippen LogP contribution in [0.25, 0.3) is 0 Å². The van der Waals surface area contributed by atoms with Gasteiger partial charge in [0, 0.05) is 36.3 Å². The molecule has 6 heteroatoms. The van der Waals surface area contributed by atoms with Gasteiger partial charge in [-0.1, -0.05) is 15.9 Å². The minimum absolute atomic E-state index is 0.230. The highest BCUT2D eigenvalue weighted by Crippen LogP contribution is 2.53. The van der Waals surface area contributed by atoms with E-state index in [2.05, 4.69) is 51.8 Å². The number of hydrogen-bond donors (Lipinski definition) is 0.